The van der Waals surface area contributed by atoms with Gasteiger partial charge in [0.05, 0.1) is 10.6 Å². The quantitative estimate of drug-likeness (QED) is 0.652. The summed E-state index contributed by atoms with van der Waals surface area (Å²) >= 11 is 11.9. The van der Waals surface area contributed by atoms with Crippen molar-refractivity contribution in [1.82, 2.24) is 0 Å². The number of nitrogens with one attached hydrogen (secondary N) is 1. The molecular weight excluding hydrogens is 283 g/mol. The van der Waals surface area contributed by atoms with Crippen LogP contribution in [0.25, 0.3) is 0 Å². The molecule has 0 fully saturated rings. The Bertz CT molecular complexity index is 641. The number of ether oxygens (including phenoxy) is 1. The third-order valence-corrected chi connectivity index (χ3v) is 3.15. The molecule has 0 aliphatic carbocycles. The number of amidine groups is 1. The molecule has 0 unspecified atom stereocenters. The van der Waals surface area contributed by atoms with Crippen LogP contribution >= 0.6 is 23.2 Å². The lowest BCUT2D eigenvalue weighted by molar-refractivity contribution is 0.478. The van der Waals surface area contributed by atoms with Crippen LogP contribution in [0, 0.1) is 12.3 Å². The molecule has 2 rings (SSSR count). The summed E-state index contributed by atoms with van der Waals surface area (Å²) in [5.74, 6) is 0.965. The first-order valence-electron chi connectivity index (χ1n) is 5.56. The lowest BCUT2D eigenvalue weighted by Crippen LogP contribution is -2.13. The monoisotopic (exact) mass is 294 g/mol. The first-order chi connectivity index (χ1) is 8.99. The van der Waals surface area contributed by atoms with Gasteiger partial charge in [0.25, 0.3) is 0 Å². The third-order valence-electron chi connectivity index (χ3n) is 2.60. The van der Waals surface area contributed by atoms with E-state index in [9.17, 15) is 0 Å². The topological polar surface area (TPSA) is 59.1 Å². The number of hydrogen-bond acceptors (Lipinski definition) is 2. The predicted molar refractivity (Wildman–Crippen MR) is 78.7 cm³/mol. The Morgan fingerprint density at radius 2 is 1.89 bits per heavy atom. The first kappa shape index (κ1) is 13.7. The zero-order valence-corrected chi connectivity index (χ0v) is 11.7. The molecule has 0 radical (unpaired) electrons. The largest absolute Gasteiger partial charge is 0.456 e. The molecule has 19 heavy (non-hydrogen) atoms. The van der Waals surface area contributed by atoms with Gasteiger partial charge in [-0.05, 0) is 42.8 Å². The highest BCUT2D eigenvalue weighted by atomic mass is 35.5. The molecule has 2 aromatic carbocycles. The second-order valence-electron chi connectivity index (χ2n) is 4.04. The van der Waals surface area contributed by atoms with Crippen LogP contribution in [-0.2, 0) is 0 Å². The van der Waals surface area contributed by atoms with Crippen LogP contribution in [0.4, 0.5) is 0 Å². The van der Waals surface area contributed by atoms with Crippen LogP contribution in [-0.4, -0.2) is 5.84 Å². The van der Waals surface area contributed by atoms with Gasteiger partial charge in [-0.1, -0.05) is 29.3 Å². The summed E-state index contributed by atoms with van der Waals surface area (Å²) in [6, 6.07) is 10.4. The smallest absolute Gasteiger partial charge is 0.139 e. The number of nitrogens with two attached hydrogens (primary N) is 1. The van der Waals surface area contributed by atoms with E-state index in [0.717, 1.165) is 5.56 Å². The molecular formula is C14H12Cl2N2O. The van der Waals surface area contributed by atoms with E-state index in [0.29, 0.717) is 27.1 Å². The van der Waals surface area contributed by atoms with Gasteiger partial charge in [0.1, 0.15) is 17.3 Å². The molecule has 98 valence electrons. The average molecular weight is 295 g/mol. The highest BCUT2D eigenvalue weighted by molar-refractivity contribution is 6.34. The summed E-state index contributed by atoms with van der Waals surface area (Å²) in [7, 11) is 0. The fraction of sp³-hybridized carbons (Fsp3) is 0.0714. The van der Waals surface area contributed by atoms with E-state index in [-0.39, 0.29) is 5.84 Å². The second-order valence-corrected chi connectivity index (χ2v) is 4.88. The Morgan fingerprint density at radius 3 is 2.53 bits per heavy atom. The van der Waals surface area contributed by atoms with E-state index in [1.54, 1.807) is 36.4 Å². The van der Waals surface area contributed by atoms with E-state index in [1.165, 1.54) is 0 Å². The van der Waals surface area contributed by atoms with Gasteiger partial charge < -0.3 is 10.5 Å². The Balaban J connectivity index is 2.44. The van der Waals surface area contributed by atoms with Crippen molar-refractivity contribution in [3.63, 3.8) is 0 Å². The number of hydrogen-bond donors (Lipinski definition) is 2. The van der Waals surface area contributed by atoms with E-state index in [2.05, 4.69) is 0 Å². The number of nitrogen functional groups attached to an aromatic ring is 1. The molecule has 0 saturated heterocycles. The van der Waals surface area contributed by atoms with Gasteiger partial charge in [-0.3, -0.25) is 5.41 Å². The highest BCUT2D eigenvalue weighted by Gasteiger charge is 2.12. The second kappa shape index (κ2) is 5.51. The third kappa shape index (κ3) is 3.00. The maximum absolute atomic E-state index is 7.56. The maximum Gasteiger partial charge on any atom is 0.139 e. The Labute approximate surface area is 121 Å². The molecule has 5 heteroatoms. The van der Waals surface area contributed by atoms with Crippen molar-refractivity contribution in [2.45, 2.75) is 6.92 Å². The standard InChI is InChI=1S/C14H12Cl2N2O/c1-8-7-9(15)5-6-11(8)19-12-4-2-3-10(16)13(12)14(17)18/h2-7H,1H3,(H3,17,18). The van der Waals surface area contributed by atoms with Crippen molar-refractivity contribution in [3.05, 3.63) is 57.6 Å². The van der Waals surface area contributed by atoms with E-state index < -0.39 is 0 Å². The number of aryl methyl sites for hydroxylation is 1. The minimum atomic E-state index is -0.132. The molecule has 2 aromatic rings. The van der Waals surface area contributed by atoms with Crippen LogP contribution in [0.15, 0.2) is 36.4 Å². The number of benzene rings is 2. The molecule has 3 N–H and O–H groups in total. The predicted octanol–water partition coefficient (Wildman–Crippen LogP) is 4.38. The molecule has 0 aromatic heterocycles. The summed E-state index contributed by atoms with van der Waals surface area (Å²) in [4.78, 5) is 0. The summed E-state index contributed by atoms with van der Waals surface area (Å²) in [5.41, 5.74) is 6.81. The SMILES string of the molecule is Cc1cc(Cl)ccc1Oc1cccc(Cl)c1C(=N)N. The summed E-state index contributed by atoms with van der Waals surface area (Å²) in [5, 5.41) is 8.59. The molecule has 0 heterocycles. The Hall–Kier alpha value is -1.71. The van der Waals surface area contributed by atoms with Crippen LogP contribution in [0.5, 0.6) is 11.5 Å². The van der Waals surface area contributed by atoms with Crippen LogP contribution in [0.3, 0.4) is 0 Å². The van der Waals surface area contributed by atoms with Gasteiger partial charge in [0.2, 0.25) is 0 Å². The molecule has 0 aliphatic rings. The van der Waals surface area contributed by atoms with E-state index in [4.69, 9.17) is 39.1 Å². The maximum atomic E-state index is 7.56. The van der Waals surface area contributed by atoms with Crippen LogP contribution in [0.1, 0.15) is 11.1 Å². The summed E-state index contributed by atoms with van der Waals surface area (Å²) in [6.45, 7) is 1.89. The fourth-order valence-corrected chi connectivity index (χ4v) is 2.19. The van der Waals surface area contributed by atoms with Crippen molar-refractivity contribution < 1.29 is 4.74 Å². The Kier molecular flexibility index (Phi) is 3.98. The highest BCUT2D eigenvalue weighted by Crippen LogP contribution is 2.32. The average Bonchev–Trinajstić information content (AvgIpc) is 2.32. The number of halogens is 2. The molecule has 0 amide bonds. The van der Waals surface area contributed by atoms with Crippen LogP contribution < -0.4 is 10.5 Å². The van der Waals surface area contributed by atoms with Crippen molar-refractivity contribution >= 4 is 29.0 Å². The van der Waals surface area contributed by atoms with Gasteiger partial charge in [-0.2, -0.15) is 0 Å². The minimum absolute atomic E-state index is 0.132. The van der Waals surface area contributed by atoms with Gasteiger partial charge in [-0.25, -0.2) is 0 Å². The normalized spacial score (nSPS) is 10.3. The van der Waals surface area contributed by atoms with Gasteiger partial charge >= 0.3 is 0 Å². The minimum Gasteiger partial charge on any atom is -0.456 e. The van der Waals surface area contributed by atoms with Crippen molar-refractivity contribution in [1.29, 1.82) is 5.41 Å². The lowest BCUT2D eigenvalue weighted by Gasteiger charge is -2.13. The van der Waals surface area contributed by atoms with Crippen molar-refractivity contribution in [2.75, 3.05) is 0 Å². The molecule has 0 atom stereocenters. The zero-order valence-electron chi connectivity index (χ0n) is 10.2. The molecule has 0 bridgehead atoms. The Morgan fingerprint density at radius 1 is 1.16 bits per heavy atom. The van der Waals surface area contributed by atoms with E-state index in [1.807, 2.05) is 6.92 Å². The molecule has 0 aliphatic heterocycles. The number of rotatable bonds is 3. The lowest BCUT2D eigenvalue weighted by atomic mass is 10.1. The fourth-order valence-electron chi connectivity index (χ4n) is 1.70. The van der Waals surface area contributed by atoms with Gasteiger partial charge in [0, 0.05) is 5.02 Å². The first-order valence-corrected chi connectivity index (χ1v) is 6.31. The molecule has 3 nitrogen and oxygen atoms in total. The summed E-state index contributed by atoms with van der Waals surface area (Å²) < 4.78 is 5.77. The molecule has 0 spiro atoms. The van der Waals surface area contributed by atoms with E-state index >= 15 is 0 Å². The molecule has 0 saturated carbocycles. The zero-order chi connectivity index (χ0) is 14.0. The van der Waals surface area contributed by atoms with Crippen LogP contribution in [0.2, 0.25) is 10.0 Å². The van der Waals surface area contributed by atoms with Crippen molar-refractivity contribution in [2.24, 2.45) is 5.73 Å². The van der Waals surface area contributed by atoms with Gasteiger partial charge in [0.15, 0.2) is 0 Å². The van der Waals surface area contributed by atoms with Gasteiger partial charge in [-0.15, -0.1) is 0 Å². The summed E-state index contributed by atoms with van der Waals surface area (Å²) in [6.07, 6.45) is 0. The van der Waals surface area contributed by atoms with Crippen molar-refractivity contribution in [3.8, 4) is 11.5 Å².